The SMILES string of the molecule is Cc1ccc(NC(=O)Nc2ccc(F)c(Cl)c2)cc1NC(=O)/C=C/c1cccnc1. The number of carbonyl (C=O) groups is 2. The molecule has 3 amide bonds. The van der Waals surface area contributed by atoms with Crippen LogP contribution in [0.5, 0.6) is 0 Å². The molecule has 0 unspecified atom stereocenters. The van der Waals surface area contributed by atoms with Crippen molar-refractivity contribution in [2.24, 2.45) is 0 Å². The molecule has 0 aliphatic heterocycles. The zero-order chi connectivity index (χ0) is 21.5. The predicted molar refractivity (Wildman–Crippen MR) is 117 cm³/mol. The summed E-state index contributed by atoms with van der Waals surface area (Å²) < 4.78 is 13.2. The Bertz CT molecular complexity index is 1100. The molecule has 8 heteroatoms. The number of anilines is 3. The highest BCUT2D eigenvalue weighted by Gasteiger charge is 2.08. The van der Waals surface area contributed by atoms with Crippen LogP contribution in [0.3, 0.4) is 0 Å². The molecule has 0 aliphatic carbocycles. The molecule has 30 heavy (non-hydrogen) atoms. The second kappa shape index (κ2) is 9.67. The van der Waals surface area contributed by atoms with Gasteiger partial charge in [0.05, 0.1) is 5.02 Å². The number of pyridine rings is 1. The van der Waals surface area contributed by atoms with E-state index in [0.717, 1.165) is 17.2 Å². The molecule has 0 bridgehead atoms. The third-order valence-electron chi connectivity index (χ3n) is 4.04. The Balaban J connectivity index is 1.64. The van der Waals surface area contributed by atoms with Gasteiger partial charge in [-0.3, -0.25) is 9.78 Å². The standard InChI is InChI=1S/C22H18ClFN4O2/c1-14-4-6-17(27-22(30)26-16-7-8-19(24)18(23)11-16)12-20(14)28-21(29)9-5-15-3-2-10-25-13-15/h2-13H,1H3,(H,28,29)(H2,26,27,30)/b9-5+. The number of halogens is 2. The van der Waals surface area contributed by atoms with Crippen molar-refractivity contribution in [3.63, 3.8) is 0 Å². The van der Waals surface area contributed by atoms with Gasteiger partial charge >= 0.3 is 6.03 Å². The fourth-order valence-corrected chi connectivity index (χ4v) is 2.70. The van der Waals surface area contributed by atoms with Gasteiger partial charge in [0.1, 0.15) is 5.82 Å². The summed E-state index contributed by atoms with van der Waals surface area (Å²) in [6.45, 7) is 1.84. The summed E-state index contributed by atoms with van der Waals surface area (Å²) in [5.74, 6) is -0.886. The first-order valence-electron chi connectivity index (χ1n) is 8.93. The number of aryl methyl sites for hydroxylation is 1. The summed E-state index contributed by atoms with van der Waals surface area (Å²) in [7, 11) is 0. The number of hydrogen-bond acceptors (Lipinski definition) is 3. The Hall–Kier alpha value is -3.71. The number of amides is 3. The van der Waals surface area contributed by atoms with Gasteiger partial charge < -0.3 is 16.0 Å². The minimum Gasteiger partial charge on any atom is -0.322 e. The van der Waals surface area contributed by atoms with E-state index < -0.39 is 11.8 Å². The Morgan fingerprint density at radius 2 is 1.77 bits per heavy atom. The number of hydrogen-bond donors (Lipinski definition) is 3. The van der Waals surface area contributed by atoms with Crippen LogP contribution in [0.15, 0.2) is 67.0 Å². The van der Waals surface area contributed by atoms with Gasteiger partial charge in [0.2, 0.25) is 5.91 Å². The second-order valence-electron chi connectivity index (χ2n) is 6.35. The average molecular weight is 425 g/mol. The minimum atomic E-state index is -0.570. The van der Waals surface area contributed by atoms with Crippen molar-refractivity contribution < 1.29 is 14.0 Å². The van der Waals surface area contributed by atoms with Crippen molar-refractivity contribution in [3.8, 4) is 0 Å². The normalized spacial score (nSPS) is 10.6. The van der Waals surface area contributed by atoms with E-state index in [2.05, 4.69) is 20.9 Å². The Labute approximate surface area is 177 Å². The third-order valence-corrected chi connectivity index (χ3v) is 4.33. The predicted octanol–water partition coefficient (Wildman–Crippen LogP) is 5.48. The summed E-state index contributed by atoms with van der Waals surface area (Å²) in [5, 5.41) is 7.92. The number of carbonyl (C=O) groups excluding carboxylic acids is 2. The van der Waals surface area contributed by atoms with Crippen molar-refractivity contribution in [1.82, 2.24) is 4.98 Å². The van der Waals surface area contributed by atoms with Crippen molar-refractivity contribution in [2.45, 2.75) is 6.92 Å². The monoisotopic (exact) mass is 424 g/mol. The molecule has 152 valence electrons. The van der Waals surface area contributed by atoms with Gasteiger partial charge in [-0.05, 0) is 60.5 Å². The van der Waals surface area contributed by atoms with E-state index >= 15 is 0 Å². The van der Waals surface area contributed by atoms with Gasteiger partial charge in [-0.15, -0.1) is 0 Å². The maximum Gasteiger partial charge on any atom is 0.323 e. The molecule has 3 aromatic rings. The van der Waals surface area contributed by atoms with Crippen LogP contribution in [0.4, 0.5) is 26.2 Å². The fraction of sp³-hybridized carbons (Fsp3) is 0.0455. The van der Waals surface area contributed by atoms with Gasteiger partial charge in [-0.2, -0.15) is 0 Å². The molecular formula is C22H18ClFN4O2. The van der Waals surface area contributed by atoms with Crippen LogP contribution >= 0.6 is 11.6 Å². The fourth-order valence-electron chi connectivity index (χ4n) is 2.52. The second-order valence-corrected chi connectivity index (χ2v) is 6.75. The molecule has 0 saturated heterocycles. The first kappa shape index (κ1) is 21.0. The highest BCUT2D eigenvalue weighted by atomic mass is 35.5. The number of nitrogens with zero attached hydrogens (tertiary/aromatic N) is 1. The molecule has 0 aliphatic rings. The molecule has 0 spiro atoms. The molecule has 2 aromatic carbocycles. The summed E-state index contributed by atoms with van der Waals surface area (Å²) in [6.07, 6.45) is 6.36. The van der Waals surface area contributed by atoms with Gasteiger partial charge in [0.25, 0.3) is 0 Å². The van der Waals surface area contributed by atoms with E-state index in [-0.39, 0.29) is 10.9 Å². The summed E-state index contributed by atoms with van der Waals surface area (Å²) in [5.41, 5.74) is 3.00. The van der Waals surface area contributed by atoms with E-state index in [9.17, 15) is 14.0 Å². The average Bonchev–Trinajstić information content (AvgIpc) is 2.72. The van der Waals surface area contributed by atoms with Gasteiger partial charge in [0.15, 0.2) is 0 Å². The van der Waals surface area contributed by atoms with E-state index in [1.54, 1.807) is 42.7 Å². The van der Waals surface area contributed by atoms with Crippen LogP contribution in [-0.4, -0.2) is 16.9 Å². The maximum atomic E-state index is 13.2. The number of urea groups is 1. The topological polar surface area (TPSA) is 83.1 Å². The molecule has 1 heterocycles. The maximum absolute atomic E-state index is 13.2. The molecule has 0 atom stereocenters. The van der Waals surface area contributed by atoms with Gasteiger partial charge in [0, 0.05) is 35.5 Å². The number of nitrogens with one attached hydrogen (secondary N) is 3. The lowest BCUT2D eigenvalue weighted by Crippen LogP contribution is -2.19. The zero-order valence-electron chi connectivity index (χ0n) is 15.9. The van der Waals surface area contributed by atoms with Crippen LogP contribution in [0, 0.1) is 12.7 Å². The molecule has 3 N–H and O–H groups in total. The van der Waals surface area contributed by atoms with Crippen molar-refractivity contribution in [2.75, 3.05) is 16.0 Å². The third kappa shape index (κ3) is 5.89. The largest absolute Gasteiger partial charge is 0.323 e. The molecule has 6 nitrogen and oxygen atoms in total. The Morgan fingerprint density at radius 1 is 1.03 bits per heavy atom. The van der Waals surface area contributed by atoms with E-state index in [4.69, 9.17) is 11.6 Å². The molecule has 0 saturated carbocycles. The Kier molecular flexibility index (Phi) is 6.77. The molecule has 1 aromatic heterocycles. The number of benzene rings is 2. The summed E-state index contributed by atoms with van der Waals surface area (Å²) in [4.78, 5) is 28.4. The van der Waals surface area contributed by atoms with Crippen LogP contribution in [0.1, 0.15) is 11.1 Å². The lowest BCUT2D eigenvalue weighted by Gasteiger charge is -2.12. The number of rotatable bonds is 5. The van der Waals surface area contributed by atoms with E-state index in [0.29, 0.717) is 17.1 Å². The lowest BCUT2D eigenvalue weighted by atomic mass is 10.1. The first-order chi connectivity index (χ1) is 14.4. The molecule has 0 radical (unpaired) electrons. The Morgan fingerprint density at radius 3 is 2.47 bits per heavy atom. The zero-order valence-corrected chi connectivity index (χ0v) is 16.7. The number of aromatic nitrogens is 1. The van der Waals surface area contributed by atoms with E-state index in [1.165, 1.54) is 18.2 Å². The highest BCUT2D eigenvalue weighted by Crippen LogP contribution is 2.22. The van der Waals surface area contributed by atoms with Crippen LogP contribution in [0.25, 0.3) is 6.08 Å². The molecule has 3 rings (SSSR count). The molecular weight excluding hydrogens is 407 g/mol. The van der Waals surface area contributed by atoms with Crippen molar-refractivity contribution in [1.29, 1.82) is 0 Å². The van der Waals surface area contributed by atoms with Crippen LogP contribution in [-0.2, 0) is 4.79 Å². The van der Waals surface area contributed by atoms with Gasteiger partial charge in [-0.25, -0.2) is 9.18 Å². The summed E-state index contributed by atoms with van der Waals surface area (Å²) in [6, 6.07) is 12.1. The van der Waals surface area contributed by atoms with Gasteiger partial charge in [-0.1, -0.05) is 23.7 Å². The van der Waals surface area contributed by atoms with E-state index in [1.807, 2.05) is 13.0 Å². The van der Waals surface area contributed by atoms with Crippen molar-refractivity contribution >= 4 is 46.7 Å². The summed E-state index contributed by atoms with van der Waals surface area (Å²) >= 11 is 5.71. The highest BCUT2D eigenvalue weighted by molar-refractivity contribution is 6.31. The molecule has 0 fully saturated rings. The van der Waals surface area contributed by atoms with Crippen LogP contribution in [0.2, 0.25) is 5.02 Å². The smallest absolute Gasteiger partial charge is 0.322 e. The van der Waals surface area contributed by atoms with Crippen molar-refractivity contribution in [3.05, 3.63) is 89.0 Å². The lowest BCUT2D eigenvalue weighted by molar-refractivity contribution is -0.111. The quantitative estimate of drug-likeness (QED) is 0.474. The van der Waals surface area contributed by atoms with Crippen LogP contribution < -0.4 is 16.0 Å². The minimum absolute atomic E-state index is 0.0903. The first-order valence-corrected chi connectivity index (χ1v) is 9.31.